The van der Waals surface area contributed by atoms with Gasteiger partial charge in [0.05, 0.1) is 0 Å². The monoisotopic (exact) mass is 268 g/mol. The molecule has 1 aliphatic heterocycles. The molecule has 1 atom stereocenters. The molecule has 1 saturated carbocycles. The van der Waals surface area contributed by atoms with Crippen LogP contribution in [0.1, 0.15) is 40.0 Å². The maximum Gasteiger partial charge on any atom is 0.329 e. The fourth-order valence-corrected chi connectivity index (χ4v) is 3.30. The lowest BCUT2D eigenvalue weighted by Crippen LogP contribution is -2.54. The van der Waals surface area contributed by atoms with E-state index >= 15 is 0 Å². The van der Waals surface area contributed by atoms with Gasteiger partial charge in [0.15, 0.2) is 0 Å². The number of amides is 1. The van der Waals surface area contributed by atoms with E-state index in [0.717, 1.165) is 32.4 Å². The van der Waals surface area contributed by atoms with Crippen LogP contribution in [0.25, 0.3) is 0 Å². The van der Waals surface area contributed by atoms with Crippen LogP contribution in [0.3, 0.4) is 0 Å². The molecule has 1 spiro atoms. The van der Waals surface area contributed by atoms with E-state index in [2.05, 4.69) is 5.32 Å². The number of piperidine rings is 1. The Morgan fingerprint density at radius 2 is 1.95 bits per heavy atom. The van der Waals surface area contributed by atoms with Gasteiger partial charge in [-0.15, -0.1) is 0 Å². The number of rotatable bonds is 4. The molecule has 1 saturated heterocycles. The molecule has 2 fully saturated rings. The lowest BCUT2D eigenvalue weighted by Gasteiger charge is -2.35. The number of carboxylic acid groups (broad SMARTS) is 1. The molecule has 1 aliphatic carbocycles. The van der Waals surface area contributed by atoms with E-state index in [4.69, 9.17) is 0 Å². The van der Waals surface area contributed by atoms with E-state index in [1.54, 1.807) is 13.8 Å². The van der Waals surface area contributed by atoms with E-state index in [1.165, 1.54) is 4.90 Å². The van der Waals surface area contributed by atoms with Gasteiger partial charge in [-0.2, -0.15) is 0 Å². The van der Waals surface area contributed by atoms with Gasteiger partial charge in [0.1, 0.15) is 5.54 Å². The van der Waals surface area contributed by atoms with E-state index in [1.807, 2.05) is 6.92 Å². The highest BCUT2D eigenvalue weighted by Gasteiger charge is 2.59. The number of likely N-dealkylation sites (N-methyl/N-ethyl adjacent to an activating group) is 1. The zero-order valence-corrected chi connectivity index (χ0v) is 12.0. The number of carbonyl (C=O) groups excluding carboxylic acids is 1. The van der Waals surface area contributed by atoms with E-state index in [0.29, 0.717) is 6.54 Å². The summed E-state index contributed by atoms with van der Waals surface area (Å²) in [7, 11) is 0. The summed E-state index contributed by atoms with van der Waals surface area (Å²) < 4.78 is 0. The molecule has 0 radical (unpaired) electrons. The predicted octanol–water partition coefficient (Wildman–Crippen LogP) is 1.09. The topological polar surface area (TPSA) is 69.6 Å². The molecule has 19 heavy (non-hydrogen) atoms. The second-order valence-electron chi connectivity index (χ2n) is 6.32. The Morgan fingerprint density at radius 1 is 1.37 bits per heavy atom. The van der Waals surface area contributed by atoms with E-state index in [9.17, 15) is 14.7 Å². The molecule has 2 aliphatic rings. The van der Waals surface area contributed by atoms with Gasteiger partial charge in [0.2, 0.25) is 5.91 Å². The molecule has 1 amide bonds. The summed E-state index contributed by atoms with van der Waals surface area (Å²) in [5.41, 5.74) is -0.965. The fraction of sp³-hybridized carbons (Fsp3) is 0.857. The van der Waals surface area contributed by atoms with Crippen LogP contribution in [0.2, 0.25) is 0 Å². The molecule has 5 nitrogen and oxygen atoms in total. The van der Waals surface area contributed by atoms with Crippen LogP contribution in [-0.2, 0) is 9.59 Å². The number of nitrogens with one attached hydrogen (secondary N) is 1. The fourth-order valence-electron chi connectivity index (χ4n) is 3.30. The number of aliphatic carboxylic acids is 1. The Morgan fingerprint density at radius 3 is 2.42 bits per heavy atom. The van der Waals surface area contributed by atoms with Crippen molar-refractivity contribution in [1.82, 2.24) is 10.2 Å². The Hall–Kier alpha value is -1.10. The molecule has 1 unspecified atom stereocenters. The Labute approximate surface area is 114 Å². The summed E-state index contributed by atoms with van der Waals surface area (Å²) in [6, 6.07) is 0. The van der Waals surface area contributed by atoms with Crippen LogP contribution in [0.5, 0.6) is 0 Å². The number of carboxylic acids is 1. The van der Waals surface area contributed by atoms with Gasteiger partial charge in [-0.3, -0.25) is 4.79 Å². The first kappa shape index (κ1) is 14.3. The van der Waals surface area contributed by atoms with Crippen molar-refractivity contribution >= 4 is 11.9 Å². The van der Waals surface area contributed by atoms with Gasteiger partial charge in [-0.1, -0.05) is 0 Å². The van der Waals surface area contributed by atoms with Crippen molar-refractivity contribution in [3.8, 4) is 0 Å². The number of hydrogen-bond donors (Lipinski definition) is 2. The summed E-state index contributed by atoms with van der Waals surface area (Å²) in [6.45, 7) is 7.45. The molecular formula is C14H24N2O3. The van der Waals surface area contributed by atoms with Crippen LogP contribution in [-0.4, -0.2) is 47.1 Å². The van der Waals surface area contributed by atoms with E-state index in [-0.39, 0.29) is 17.2 Å². The smallest absolute Gasteiger partial charge is 0.329 e. The van der Waals surface area contributed by atoms with Gasteiger partial charge in [-0.25, -0.2) is 4.79 Å². The Bertz CT molecular complexity index is 386. The van der Waals surface area contributed by atoms with Crippen molar-refractivity contribution in [1.29, 1.82) is 0 Å². The quantitative estimate of drug-likeness (QED) is 0.800. The minimum atomic E-state index is -1.12. The third-order valence-electron chi connectivity index (χ3n) is 4.87. The van der Waals surface area contributed by atoms with Crippen LogP contribution >= 0.6 is 0 Å². The molecule has 1 heterocycles. The zero-order valence-electron chi connectivity index (χ0n) is 12.0. The SMILES string of the molecule is CCN(C(=O)C1CC12CCNCC2)C(C)(C)C(=O)O. The highest BCUT2D eigenvalue weighted by Crippen LogP contribution is 2.59. The van der Waals surface area contributed by atoms with Crippen molar-refractivity contribution in [2.75, 3.05) is 19.6 Å². The number of hydrogen-bond acceptors (Lipinski definition) is 3. The van der Waals surface area contributed by atoms with Gasteiger partial charge in [-0.05, 0) is 58.5 Å². The highest BCUT2D eigenvalue weighted by molar-refractivity contribution is 5.89. The van der Waals surface area contributed by atoms with Crippen LogP contribution in [0.4, 0.5) is 0 Å². The van der Waals surface area contributed by atoms with Crippen molar-refractivity contribution < 1.29 is 14.7 Å². The summed E-state index contributed by atoms with van der Waals surface area (Å²) in [5.74, 6) is -0.882. The third kappa shape index (κ3) is 2.36. The third-order valence-corrected chi connectivity index (χ3v) is 4.87. The van der Waals surface area contributed by atoms with Gasteiger partial charge < -0.3 is 15.3 Å². The minimum absolute atomic E-state index is 0.0248. The standard InChI is InChI=1S/C14H24N2O3/c1-4-16(13(2,3)12(18)19)11(17)10-9-14(10)5-7-15-8-6-14/h10,15H,4-9H2,1-3H3,(H,18,19). The summed E-state index contributed by atoms with van der Waals surface area (Å²) in [6.07, 6.45) is 3.00. The number of nitrogens with zero attached hydrogens (tertiary/aromatic N) is 1. The molecule has 5 heteroatoms. The molecule has 108 valence electrons. The van der Waals surface area contributed by atoms with Crippen LogP contribution in [0.15, 0.2) is 0 Å². The minimum Gasteiger partial charge on any atom is -0.480 e. The zero-order chi connectivity index (χ0) is 14.3. The predicted molar refractivity (Wildman–Crippen MR) is 71.7 cm³/mol. The molecule has 2 N–H and O–H groups in total. The summed E-state index contributed by atoms with van der Waals surface area (Å²) in [5, 5.41) is 12.6. The van der Waals surface area contributed by atoms with Crippen LogP contribution < -0.4 is 5.32 Å². The molecule has 2 rings (SSSR count). The molecular weight excluding hydrogens is 244 g/mol. The maximum atomic E-state index is 12.6. The van der Waals surface area contributed by atoms with Gasteiger partial charge >= 0.3 is 5.97 Å². The molecule has 0 aromatic carbocycles. The molecule has 0 bridgehead atoms. The largest absolute Gasteiger partial charge is 0.480 e. The lowest BCUT2D eigenvalue weighted by molar-refractivity contribution is -0.157. The molecule has 0 aromatic heterocycles. The molecule has 0 aromatic rings. The summed E-state index contributed by atoms with van der Waals surface area (Å²) >= 11 is 0. The number of carbonyl (C=O) groups is 2. The van der Waals surface area contributed by atoms with Gasteiger partial charge in [0.25, 0.3) is 0 Å². The first-order valence-electron chi connectivity index (χ1n) is 7.11. The Kier molecular flexibility index (Phi) is 3.60. The maximum absolute atomic E-state index is 12.6. The Balaban J connectivity index is 2.09. The second-order valence-corrected chi connectivity index (χ2v) is 6.32. The average Bonchev–Trinajstić information content (AvgIpc) is 3.04. The first-order valence-corrected chi connectivity index (χ1v) is 7.11. The van der Waals surface area contributed by atoms with Crippen molar-refractivity contribution in [3.05, 3.63) is 0 Å². The normalized spacial score (nSPS) is 25.1. The second kappa shape index (κ2) is 4.78. The lowest BCUT2D eigenvalue weighted by atomic mass is 9.91. The van der Waals surface area contributed by atoms with Crippen molar-refractivity contribution in [2.24, 2.45) is 11.3 Å². The summed E-state index contributed by atoms with van der Waals surface area (Å²) in [4.78, 5) is 25.5. The highest BCUT2D eigenvalue weighted by atomic mass is 16.4. The van der Waals surface area contributed by atoms with Crippen molar-refractivity contribution in [2.45, 2.75) is 45.6 Å². The van der Waals surface area contributed by atoms with E-state index < -0.39 is 11.5 Å². The van der Waals surface area contributed by atoms with Gasteiger partial charge in [0, 0.05) is 12.5 Å². The van der Waals surface area contributed by atoms with Crippen molar-refractivity contribution in [3.63, 3.8) is 0 Å². The van der Waals surface area contributed by atoms with Crippen LogP contribution in [0, 0.1) is 11.3 Å². The first-order chi connectivity index (χ1) is 8.85. The average molecular weight is 268 g/mol.